The van der Waals surface area contributed by atoms with Crippen LogP contribution in [0.15, 0.2) is 23.4 Å². The third-order valence-corrected chi connectivity index (χ3v) is 2.79. The molecule has 0 saturated heterocycles. The minimum Gasteiger partial charge on any atom is -0.496 e. The molecule has 0 radical (unpaired) electrons. The van der Waals surface area contributed by atoms with Crippen LogP contribution in [-0.4, -0.2) is 30.6 Å². The van der Waals surface area contributed by atoms with Gasteiger partial charge in [0.1, 0.15) is 11.6 Å². The van der Waals surface area contributed by atoms with Crippen LogP contribution in [0, 0.1) is 12.8 Å². The SMILES string of the molecule is COc1ccc(C)cc1C(=O)NCC(C)C(N)=NO. The summed E-state index contributed by atoms with van der Waals surface area (Å²) in [5.74, 6) is 0.0963. The first kappa shape index (κ1) is 14.8. The van der Waals surface area contributed by atoms with E-state index in [1.165, 1.54) is 7.11 Å². The minimum atomic E-state index is -0.252. The van der Waals surface area contributed by atoms with Crippen LogP contribution >= 0.6 is 0 Å². The number of aryl methyl sites for hydroxylation is 1. The summed E-state index contributed by atoms with van der Waals surface area (Å²) < 4.78 is 5.15. The van der Waals surface area contributed by atoms with Crippen molar-refractivity contribution in [3.05, 3.63) is 29.3 Å². The number of nitrogens with zero attached hydrogens (tertiary/aromatic N) is 1. The molecule has 0 aliphatic carbocycles. The Labute approximate surface area is 112 Å². The third kappa shape index (κ3) is 3.87. The monoisotopic (exact) mass is 265 g/mol. The van der Waals surface area contributed by atoms with Gasteiger partial charge in [0.15, 0.2) is 0 Å². The summed E-state index contributed by atoms with van der Waals surface area (Å²) in [5.41, 5.74) is 6.88. The second-order valence-corrected chi connectivity index (χ2v) is 4.34. The number of carbonyl (C=O) groups excluding carboxylic acids is 1. The molecule has 0 aliphatic heterocycles. The molecule has 1 atom stereocenters. The lowest BCUT2D eigenvalue weighted by atomic mass is 10.1. The number of hydrogen-bond acceptors (Lipinski definition) is 4. The van der Waals surface area contributed by atoms with Gasteiger partial charge in [-0.15, -0.1) is 0 Å². The Hall–Kier alpha value is -2.24. The summed E-state index contributed by atoms with van der Waals surface area (Å²) in [5, 5.41) is 14.2. The maximum absolute atomic E-state index is 12.1. The van der Waals surface area contributed by atoms with Crippen LogP contribution in [0.2, 0.25) is 0 Å². The van der Waals surface area contributed by atoms with E-state index in [1.807, 2.05) is 13.0 Å². The Morgan fingerprint density at radius 2 is 2.26 bits per heavy atom. The Morgan fingerprint density at radius 3 is 2.84 bits per heavy atom. The number of amidine groups is 1. The molecule has 104 valence electrons. The fourth-order valence-corrected chi connectivity index (χ4v) is 1.54. The van der Waals surface area contributed by atoms with E-state index < -0.39 is 0 Å². The minimum absolute atomic E-state index is 0.0801. The Balaban J connectivity index is 2.76. The molecule has 4 N–H and O–H groups in total. The Bertz CT molecular complexity index is 486. The molecule has 0 spiro atoms. The maximum Gasteiger partial charge on any atom is 0.255 e. The fourth-order valence-electron chi connectivity index (χ4n) is 1.54. The van der Waals surface area contributed by atoms with Gasteiger partial charge in [-0.25, -0.2) is 0 Å². The lowest BCUT2D eigenvalue weighted by Gasteiger charge is -2.13. The number of amides is 1. The molecule has 0 aliphatic rings. The van der Waals surface area contributed by atoms with Crippen LogP contribution in [0.1, 0.15) is 22.8 Å². The average Bonchev–Trinajstić information content (AvgIpc) is 2.43. The number of rotatable bonds is 5. The van der Waals surface area contributed by atoms with E-state index >= 15 is 0 Å². The van der Waals surface area contributed by atoms with Crippen molar-refractivity contribution in [2.75, 3.05) is 13.7 Å². The molecular weight excluding hydrogens is 246 g/mol. The van der Waals surface area contributed by atoms with Crippen LogP contribution in [0.5, 0.6) is 5.75 Å². The van der Waals surface area contributed by atoms with E-state index in [9.17, 15) is 4.79 Å². The van der Waals surface area contributed by atoms with Crippen LogP contribution in [0.25, 0.3) is 0 Å². The van der Waals surface area contributed by atoms with Crippen molar-refractivity contribution >= 4 is 11.7 Å². The van der Waals surface area contributed by atoms with Gasteiger partial charge in [-0.3, -0.25) is 4.79 Å². The van der Waals surface area contributed by atoms with Gasteiger partial charge in [-0.1, -0.05) is 23.7 Å². The summed E-state index contributed by atoms with van der Waals surface area (Å²) in [7, 11) is 1.51. The second-order valence-electron chi connectivity index (χ2n) is 4.34. The Kier molecular flexibility index (Phi) is 5.17. The molecule has 1 aromatic carbocycles. The zero-order valence-corrected chi connectivity index (χ0v) is 11.3. The van der Waals surface area contributed by atoms with Crippen LogP contribution < -0.4 is 15.8 Å². The number of benzene rings is 1. The highest BCUT2D eigenvalue weighted by molar-refractivity contribution is 5.97. The van der Waals surface area contributed by atoms with Crippen molar-refractivity contribution < 1.29 is 14.7 Å². The number of ether oxygens (including phenoxy) is 1. The van der Waals surface area contributed by atoms with E-state index in [-0.39, 0.29) is 24.2 Å². The summed E-state index contributed by atoms with van der Waals surface area (Å²) in [6.45, 7) is 3.93. The van der Waals surface area contributed by atoms with Crippen LogP contribution in [-0.2, 0) is 0 Å². The first-order chi connectivity index (χ1) is 8.99. The van der Waals surface area contributed by atoms with Crippen LogP contribution in [0.3, 0.4) is 0 Å². The number of hydrogen-bond donors (Lipinski definition) is 3. The van der Waals surface area contributed by atoms with Crippen molar-refractivity contribution in [3.8, 4) is 5.75 Å². The molecule has 0 heterocycles. The lowest BCUT2D eigenvalue weighted by molar-refractivity contribution is 0.0948. The molecule has 0 bridgehead atoms. The fraction of sp³-hybridized carbons (Fsp3) is 0.385. The van der Waals surface area contributed by atoms with Crippen molar-refractivity contribution in [3.63, 3.8) is 0 Å². The molecule has 0 aromatic heterocycles. The van der Waals surface area contributed by atoms with E-state index in [1.54, 1.807) is 19.1 Å². The van der Waals surface area contributed by atoms with E-state index in [2.05, 4.69) is 10.5 Å². The van der Waals surface area contributed by atoms with Crippen molar-refractivity contribution in [1.82, 2.24) is 5.32 Å². The Morgan fingerprint density at radius 1 is 1.58 bits per heavy atom. The number of nitrogens with one attached hydrogen (secondary N) is 1. The number of oxime groups is 1. The summed E-state index contributed by atoms with van der Waals surface area (Å²) in [4.78, 5) is 12.1. The highest BCUT2D eigenvalue weighted by Gasteiger charge is 2.14. The van der Waals surface area contributed by atoms with Gasteiger partial charge < -0.3 is 21.0 Å². The molecule has 1 amide bonds. The predicted octanol–water partition coefficient (Wildman–Crippen LogP) is 1.12. The summed E-state index contributed by atoms with van der Waals surface area (Å²) in [6.07, 6.45) is 0. The predicted molar refractivity (Wildman–Crippen MR) is 72.6 cm³/mol. The third-order valence-electron chi connectivity index (χ3n) is 2.79. The molecule has 6 nitrogen and oxygen atoms in total. The van der Waals surface area contributed by atoms with Gasteiger partial charge in [-0.05, 0) is 19.1 Å². The quantitative estimate of drug-likeness (QED) is 0.321. The number of carbonyl (C=O) groups is 1. The highest BCUT2D eigenvalue weighted by Crippen LogP contribution is 2.19. The van der Waals surface area contributed by atoms with Gasteiger partial charge in [0, 0.05) is 12.5 Å². The van der Waals surface area contributed by atoms with Crippen LogP contribution in [0.4, 0.5) is 0 Å². The highest BCUT2D eigenvalue weighted by atomic mass is 16.5. The summed E-state index contributed by atoms with van der Waals surface area (Å²) >= 11 is 0. The van der Waals surface area contributed by atoms with Gasteiger partial charge in [-0.2, -0.15) is 0 Å². The van der Waals surface area contributed by atoms with Crippen molar-refractivity contribution in [2.24, 2.45) is 16.8 Å². The van der Waals surface area contributed by atoms with Gasteiger partial charge in [0.05, 0.1) is 12.7 Å². The average molecular weight is 265 g/mol. The normalized spacial score (nSPS) is 12.9. The second kappa shape index (κ2) is 6.63. The van der Waals surface area contributed by atoms with E-state index in [0.717, 1.165) is 5.56 Å². The molecule has 0 fully saturated rings. The van der Waals surface area contributed by atoms with E-state index in [0.29, 0.717) is 11.3 Å². The topological polar surface area (TPSA) is 96.9 Å². The smallest absolute Gasteiger partial charge is 0.255 e. The van der Waals surface area contributed by atoms with E-state index in [4.69, 9.17) is 15.7 Å². The zero-order chi connectivity index (χ0) is 14.4. The van der Waals surface area contributed by atoms with Gasteiger partial charge >= 0.3 is 0 Å². The molecule has 1 unspecified atom stereocenters. The number of methoxy groups -OCH3 is 1. The van der Waals surface area contributed by atoms with Gasteiger partial charge in [0.25, 0.3) is 5.91 Å². The standard InChI is InChI=1S/C13H19N3O3/c1-8-4-5-11(19-3)10(6-8)13(17)15-7-9(2)12(14)16-18/h4-6,9,18H,7H2,1-3H3,(H2,14,16)(H,15,17). The summed E-state index contributed by atoms with van der Waals surface area (Å²) in [6, 6.07) is 5.37. The van der Waals surface area contributed by atoms with Crippen molar-refractivity contribution in [2.45, 2.75) is 13.8 Å². The lowest BCUT2D eigenvalue weighted by Crippen LogP contribution is -2.34. The zero-order valence-electron chi connectivity index (χ0n) is 11.3. The molecule has 1 rings (SSSR count). The molecule has 1 aromatic rings. The molecule has 19 heavy (non-hydrogen) atoms. The molecule has 0 saturated carbocycles. The first-order valence-electron chi connectivity index (χ1n) is 5.89. The van der Waals surface area contributed by atoms with Gasteiger partial charge in [0.2, 0.25) is 0 Å². The molecular formula is C13H19N3O3. The maximum atomic E-state index is 12.1. The molecule has 6 heteroatoms. The van der Waals surface area contributed by atoms with Crippen molar-refractivity contribution in [1.29, 1.82) is 0 Å². The first-order valence-corrected chi connectivity index (χ1v) is 5.89. The largest absolute Gasteiger partial charge is 0.496 e. The number of nitrogens with two attached hydrogens (primary N) is 1.